The molecular formula is C14H13Br2NOS. The van der Waals surface area contributed by atoms with Gasteiger partial charge in [0.1, 0.15) is 0 Å². The predicted molar refractivity (Wildman–Crippen MR) is 86.7 cm³/mol. The fourth-order valence-electron chi connectivity index (χ4n) is 1.78. The predicted octanol–water partition coefficient (Wildman–Crippen LogP) is 5.15. The summed E-state index contributed by atoms with van der Waals surface area (Å²) in [6.45, 7) is 2.07. The van der Waals surface area contributed by atoms with Crippen molar-refractivity contribution < 1.29 is 4.79 Å². The molecule has 0 aliphatic carbocycles. The van der Waals surface area contributed by atoms with Gasteiger partial charge in [-0.2, -0.15) is 0 Å². The first-order valence-electron chi connectivity index (χ1n) is 5.92. The number of thiophene rings is 1. The summed E-state index contributed by atoms with van der Waals surface area (Å²) in [6.07, 6.45) is 0.861. The second-order valence-electron chi connectivity index (χ2n) is 4.09. The van der Waals surface area contributed by atoms with E-state index in [1.54, 1.807) is 0 Å². The average Bonchev–Trinajstić information content (AvgIpc) is 2.84. The van der Waals surface area contributed by atoms with Crippen molar-refractivity contribution in [3.8, 4) is 0 Å². The molecule has 1 aromatic heterocycles. The van der Waals surface area contributed by atoms with E-state index in [1.807, 2.05) is 36.4 Å². The van der Waals surface area contributed by atoms with E-state index < -0.39 is 0 Å². The number of carbonyl (C=O) groups excluding carboxylic acids is 1. The molecule has 19 heavy (non-hydrogen) atoms. The van der Waals surface area contributed by atoms with Crippen LogP contribution >= 0.6 is 43.2 Å². The van der Waals surface area contributed by atoms with Gasteiger partial charge in [-0.15, -0.1) is 11.3 Å². The monoisotopic (exact) mass is 401 g/mol. The van der Waals surface area contributed by atoms with Gasteiger partial charge in [0.05, 0.1) is 14.7 Å². The van der Waals surface area contributed by atoms with Crippen LogP contribution in [0.2, 0.25) is 0 Å². The Bertz CT molecular complexity index is 565. The lowest BCUT2D eigenvalue weighted by atomic mass is 10.0. The van der Waals surface area contributed by atoms with Crippen LogP contribution in [0.1, 0.15) is 34.6 Å². The molecule has 0 bridgehead atoms. The highest BCUT2D eigenvalue weighted by Gasteiger charge is 2.15. The lowest BCUT2D eigenvalue weighted by molar-refractivity contribution is 0.0939. The van der Waals surface area contributed by atoms with E-state index in [-0.39, 0.29) is 11.9 Å². The van der Waals surface area contributed by atoms with E-state index in [2.05, 4.69) is 44.1 Å². The average molecular weight is 403 g/mol. The molecule has 100 valence electrons. The Morgan fingerprint density at radius 1 is 1.21 bits per heavy atom. The van der Waals surface area contributed by atoms with E-state index in [0.29, 0.717) is 0 Å². The molecule has 0 aliphatic heterocycles. The fourth-order valence-corrected chi connectivity index (χ4v) is 3.34. The Balaban J connectivity index is 2.11. The van der Waals surface area contributed by atoms with Gasteiger partial charge in [0.25, 0.3) is 5.91 Å². The Morgan fingerprint density at radius 2 is 1.89 bits per heavy atom. The molecule has 2 aromatic rings. The molecule has 1 amide bonds. The van der Waals surface area contributed by atoms with Gasteiger partial charge in [-0.3, -0.25) is 4.79 Å². The molecule has 0 saturated carbocycles. The van der Waals surface area contributed by atoms with E-state index in [9.17, 15) is 4.79 Å². The van der Waals surface area contributed by atoms with Gasteiger partial charge in [0.2, 0.25) is 0 Å². The Kier molecular flexibility index (Phi) is 5.19. The molecular weight excluding hydrogens is 390 g/mol. The number of nitrogens with one attached hydrogen (secondary N) is 1. The van der Waals surface area contributed by atoms with Crippen molar-refractivity contribution in [2.75, 3.05) is 0 Å². The molecule has 1 aromatic carbocycles. The first-order chi connectivity index (χ1) is 9.10. The summed E-state index contributed by atoms with van der Waals surface area (Å²) in [4.78, 5) is 12.9. The van der Waals surface area contributed by atoms with E-state index in [0.717, 1.165) is 25.1 Å². The lowest BCUT2D eigenvalue weighted by Gasteiger charge is -2.17. The molecule has 5 heteroatoms. The van der Waals surface area contributed by atoms with Gasteiger partial charge in [0.15, 0.2) is 0 Å². The van der Waals surface area contributed by atoms with Crippen LogP contribution in [0.4, 0.5) is 0 Å². The number of halogens is 2. The first-order valence-corrected chi connectivity index (χ1v) is 8.32. The maximum Gasteiger partial charge on any atom is 0.261 e. The highest BCUT2D eigenvalue weighted by atomic mass is 79.9. The Labute approximate surface area is 133 Å². The fraction of sp³-hybridized carbons (Fsp3) is 0.214. The summed E-state index contributed by atoms with van der Waals surface area (Å²) < 4.78 is 2.01. The van der Waals surface area contributed by atoms with Crippen LogP contribution in [-0.2, 0) is 0 Å². The Hall–Kier alpha value is -0.650. The first kappa shape index (κ1) is 14.8. The number of carbonyl (C=O) groups is 1. The Morgan fingerprint density at radius 3 is 2.42 bits per heavy atom. The van der Waals surface area contributed by atoms with Gasteiger partial charge >= 0.3 is 0 Å². The molecule has 2 nitrogen and oxygen atoms in total. The summed E-state index contributed by atoms with van der Waals surface area (Å²) in [5, 5.41) is 3.07. The van der Waals surface area contributed by atoms with Crippen LogP contribution in [0.15, 0.2) is 44.7 Å². The molecule has 1 heterocycles. The largest absolute Gasteiger partial charge is 0.345 e. The van der Waals surface area contributed by atoms with Crippen LogP contribution in [0.25, 0.3) is 0 Å². The minimum Gasteiger partial charge on any atom is -0.345 e. The summed E-state index contributed by atoms with van der Waals surface area (Å²) in [7, 11) is 0. The standard InChI is InChI=1S/C14H13Br2NOS/c1-2-11(9-3-5-10(15)6-4-9)17-14(18)12-7-8-13(16)19-12/h3-8,11H,2H2,1H3,(H,17,18). The topological polar surface area (TPSA) is 29.1 Å². The molecule has 2 rings (SSSR count). The third-order valence-corrected chi connectivity index (χ3v) is 4.93. The summed E-state index contributed by atoms with van der Waals surface area (Å²) in [5.41, 5.74) is 1.12. The zero-order valence-corrected chi connectivity index (χ0v) is 14.3. The molecule has 0 fully saturated rings. The second kappa shape index (κ2) is 6.68. The van der Waals surface area contributed by atoms with Crippen LogP contribution in [0, 0.1) is 0 Å². The zero-order valence-electron chi connectivity index (χ0n) is 10.3. The van der Waals surface area contributed by atoms with E-state index >= 15 is 0 Å². The highest BCUT2D eigenvalue weighted by Crippen LogP contribution is 2.24. The van der Waals surface area contributed by atoms with E-state index in [1.165, 1.54) is 11.3 Å². The van der Waals surface area contributed by atoms with Crippen molar-refractivity contribution in [3.63, 3.8) is 0 Å². The van der Waals surface area contributed by atoms with Gasteiger partial charge in [-0.05, 0) is 52.2 Å². The van der Waals surface area contributed by atoms with Crippen LogP contribution in [0.3, 0.4) is 0 Å². The third kappa shape index (κ3) is 3.91. The molecule has 0 radical (unpaired) electrons. The number of hydrogen-bond acceptors (Lipinski definition) is 2. The molecule has 1 unspecified atom stereocenters. The number of benzene rings is 1. The number of amides is 1. The molecule has 1 atom stereocenters. The van der Waals surface area contributed by atoms with Crippen LogP contribution < -0.4 is 5.32 Å². The van der Waals surface area contributed by atoms with Gasteiger partial charge < -0.3 is 5.32 Å². The molecule has 1 N–H and O–H groups in total. The van der Waals surface area contributed by atoms with Crippen molar-refractivity contribution >= 4 is 49.1 Å². The molecule has 0 saturated heterocycles. The normalized spacial score (nSPS) is 12.2. The van der Waals surface area contributed by atoms with Crippen LogP contribution in [0.5, 0.6) is 0 Å². The van der Waals surface area contributed by atoms with Crippen molar-refractivity contribution in [1.29, 1.82) is 0 Å². The highest BCUT2D eigenvalue weighted by molar-refractivity contribution is 9.11. The van der Waals surface area contributed by atoms with Crippen molar-refractivity contribution in [1.82, 2.24) is 5.32 Å². The summed E-state index contributed by atoms with van der Waals surface area (Å²) in [5.74, 6) is -0.0227. The van der Waals surface area contributed by atoms with E-state index in [4.69, 9.17) is 0 Å². The molecule has 0 spiro atoms. The zero-order chi connectivity index (χ0) is 13.8. The quantitative estimate of drug-likeness (QED) is 0.752. The maximum atomic E-state index is 12.1. The summed E-state index contributed by atoms with van der Waals surface area (Å²) >= 11 is 8.23. The van der Waals surface area contributed by atoms with Gasteiger partial charge in [-0.25, -0.2) is 0 Å². The minimum atomic E-state index is -0.0227. The maximum absolute atomic E-state index is 12.1. The smallest absolute Gasteiger partial charge is 0.261 e. The SMILES string of the molecule is CCC(NC(=O)c1ccc(Br)s1)c1ccc(Br)cc1. The van der Waals surface area contributed by atoms with Crippen molar-refractivity contribution in [3.05, 3.63) is 55.1 Å². The number of rotatable bonds is 4. The van der Waals surface area contributed by atoms with Crippen LogP contribution in [-0.4, -0.2) is 5.91 Å². The van der Waals surface area contributed by atoms with Gasteiger partial charge in [0, 0.05) is 4.47 Å². The van der Waals surface area contributed by atoms with Crippen molar-refractivity contribution in [2.24, 2.45) is 0 Å². The summed E-state index contributed by atoms with van der Waals surface area (Å²) in [6, 6.07) is 11.8. The lowest BCUT2D eigenvalue weighted by Crippen LogP contribution is -2.27. The second-order valence-corrected chi connectivity index (χ2v) is 7.47. The minimum absolute atomic E-state index is 0.0227. The molecule has 0 aliphatic rings. The number of hydrogen-bond donors (Lipinski definition) is 1. The third-order valence-electron chi connectivity index (χ3n) is 2.78. The van der Waals surface area contributed by atoms with Crippen molar-refractivity contribution in [2.45, 2.75) is 19.4 Å². The van der Waals surface area contributed by atoms with Gasteiger partial charge in [-0.1, -0.05) is 35.0 Å².